The van der Waals surface area contributed by atoms with Crippen LogP contribution in [0.3, 0.4) is 0 Å². The SMILES string of the molecule is O=C(Cc1ccc(F)cc1)N1CC[C@@]2(CCCN(c3ncccn3)C2)C1. The molecule has 0 aliphatic carbocycles. The first-order valence-electron chi connectivity index (χ1n) is 9.18. The lowest BCUT2D eigenvalue weighted by molar-refractivity contribution is -0.129. The lowest BCUT2D eigenvalue weighted by Gasteiger charge is -2.40. The van der Waals surface area contributed by atoms with Crippen molar-refractivity contribution in [3.8, 4) is 0 Å². The molecule has 1 aromatic carbocycles. The number of likely N-dealkylation sites (tertiary alicyclic amines) is 1. The van der Waals surface area contributed by atoms with Crippen LogP contribution in [0.5, 0.6) is 0 Å². The minimum atomic E-state index is -0.272. The maximum absolute atomic E-state index is 13.0. The van der Waals surface area contributed by atoms with Gasteiger partial charge in [0.15, 0.2) is 0 Å². The van der Waals surface area contributed by atoms with E-state index in [1.165, 1.54) is 12.1 Å². The van der Waals surface area contributed by atoms with Crippen molar-refractivity contribution in [1.82, 2.24) is 14.9 Å². The Morgan fingerprint density at radius 3 is 2.62 bits per heavy atom. The molecule has 3 heterocycles. The van der Waals surface area contributed by atoms with Gasteiger partial charge in [-0.05, 0) is 43.0 Å². The lowest BCUT2D eigenvalue weighted by Crippen LogP contribution is -2.46. The molecule has 1 spiro atoms. The number of carbonyl (C=O) groups excluding carboxylic acids is 1. The van der Waals surface area contributed by atoms with Gasteiger partial charge in [0.1, 0.15) is 5.82 Å². The Morgan fingerprint density at radius 1 is 1.08 bits per heavy atom. The largest absolute Gasteiger partial charge is 0.342 e. The van der Waals surface area contributed by atoms with Crippen LogP contribution < -0.4 is 4.90 Å². The highest BCUT2D eigenvalue weighted by atomic mass is 19.1. The van der Waals surface area contributed by atoms with Gasteiger partial charge in [0.2, 0.25) is 11.9 Å². The second-order valence-electron chi connectivity index (χ2n) is 7.44. The molecule has 1 amide bonds. The third kappa shape index (κ3) is 3.54. The number of rotatable bonds is 3. The Balaban J connectivity index is 1.40. The summed E-state index contributed by atoms with van der Waals surface area (Å²) in [4.78, 5) is 25.6. The van der Waals surface area contributed by atoms with Gasteiger partial charge in [0.25, 0.3) is 0 Å². The summed E-state index contributed by atoms with van der Waals surface area (Å²) in [6.07, 6.45) is 7.13. The quantitative estimate of drug-likeness (QED) is 0.850. The van der Waals surface area contributed by atoms with Gasteiger partial charge in [-0.2, -0.15) is 0 Å². The Hall–Kier alpha value is -2.50. The van der Waals surface area contributed by atoms with Crippen molar-refractivity contribution < 1.29 is 9.18 Å². The van der Waals surface area contributed by atoms with Crippen molar-refractivity contribution in [3.05, 3.63) is 54.1 Å². The lowest BCUT2D eigenvalue weighted by atomic mass is 9.79. The molecule has 6 heteroatoms. The number of carbonyl (C=O) groups is 1. The molecule has 1 aromatic heterocycles. The first kappa shape index (κ1) is 16.9. The third-order valence-electron chi connectivity index (χ3n) is 5.56. The van der Waals surface area contributed by atoms with Crippen LogP contribution in [0, 0.1) is 11.2 Å². The van der Waals surface area contributed by atoms with Gasteiger partial charge in [-0.25, -0.2) is 14.4 Å². The summed E-state index contributed by atoms with van der Waals surface area (Å²) >= 11 is 0. The molecule has 0 unspecified atom stereocenters. The van der Waals surface area contributed by atoms with Crippen LogP contribution in [-0.4, -0.2) is 47.0 Å². The Labute approximate surface area is 152 Å². The van der Waals surface area contributed by atoms with Gasteiger partial charge in [0.05, 0.1) is 6.42 Å². The Bertz CT molecular complexity index is 767. The van der Waals surface area contributed by atoms with Crippen LogP contribution in [0.15, 0.2) is 42.7 Å². The molecule has 0 N–H and O–H groups in total. The minimum Gasteiger partial charge on any atom is -0.342 e. The summed E-state index contributed by atoms with van der Waals surface area (Å²) < 4.78 is 13.0. The van der Waals surface area contributed by atoms with E-state index in [2.05, 4.69) is 14.9 Å². The molecule has 5 nitrogen and oxygen atoms in total. The maximum Gasteiger partial charge on any atom is 0.227 e. The molecule has 2 aliphatic rings. The van der Waals surface area contributed by atoms with E-state index in [4.69, 9.17) is 0 Å². The fourth-order valence-corrected chi connectivity index (χ4v) is 4.20. The fraction of sp³-hybridized carbons (Fsp3) is 0.450. The summed E-state index contributed by atoms with van der Waals surface area (Å²) in [7, 11) is 0. The fourth-order valence-electron chi connectivity index (χ4n) is 4.20. The highest BCUT2D eigenvalue weighted by Crippen LogP contribution is 2.39. The van der Waals surface area contributed by atoms with Gasteiger partial charge >= 0.3 is 0 Å². The van der Waals surface area contributed by atoms with E-state index in [9.17, 15) is 9.18 Å². The van der Waals surface area contributed by atoms with Crippen molar-refractivity contribution in [2.45, 2.75) is 25.7 Å². The molecule has 0 saturated carbocycles. The van der Waals surface area contributed by atoms with E-state index in [1.807, 2.05) is 11.0 Å². The molecule has 136 valence electrons. The van der Waals surface area contributed by atoms with Crippen LogP contribution in [0.4, 0.5) is 10.3 Å². The second-order valence-corrected chi connectivity index (χ2v) is 7.44. The number of benzene rings is 1. The predicted octanol–water partition coefficient (Wildman–Crippen LogP) is 2.68. The van der Waals surface area contributed by atoms with Crippen LogP contribution >= 0.6 is 0 Å². The van der Waals surface area contributed by atoms with Crippen LogP contribution in [0.1, 0.15) is 24.8 Å². The number of piperidine rings is 1. The highest BCUT2D eigenvalue weighted by molar-refractivity contribution is 5.79. The number of aromatic nitrogens is 2. The summed E-state index contributed by atoms with van der Waals surface area (Å²) in [6, 6.07) is 8.02. The average Bonchev–Trinajstić information content (AvgIpc) is 3.08. The number of halogens is 1. The van der Waals surface area contributed by atoms with Crippen molar-refractivity contribution in [1.29, 1.82) is 0 Å². The highest BCUT2D eigenvalue weighted by Gasteiger charge is 2.43. The molecule has 2 aromatic rings. The van der Waals surface area contributed by atoms with Crippen LogP contribution in [-0.2, 0) is 11.2 Å². The standard InChI is InChI=1S/C20H23FN4O/c21-17-5-3-16(4-6-17)13-18(26)24-12-8-20(14-24)7-1-11-25(15-20)19-22-9-2-10-23-19/h2-6,9-10H,1,7-8,11-15H2/t20-/m0/s1. The summed E-state index contributed by atoms with van der Waals surface area (Å²) in [5.74, 6) is 0.635. The zero-order valence-electron chi connectivity index (χ0n) is 14.8. The molecule has 0 radical (unpaired) electrons. The topological polar surface area (TPSA) is 49.3 Å². The van der Waals surface area contributed by atoms with Crippen molar-refractivity contribution in [2.24, 2.45) is 5.41 Å². The predicted molar refractivity (Wildman–Crippen MR) is 97.2 cm³/mol. The molecular formula is C20H23FN4O. The van der Waals surface area contributed by atoms with Gasteiger partial charge < -0.3 is 9.80 Å². The van der Waals surface area contributed by atoms with E-state index < -0.39 is 0 Å². The molecule has 4 rings (SSSR count). The average molecular weight is 354 g/mol. The molecule has 1 atom stereocenters. The smallest absolute Gasteiger partial charge is 0.227 e. The number of hydrogen-bond donors (Lipinski definition) is 0. The monoisotopic (exact) mass is 354 g/mol. The number of amides is 1. The molecule has 2 aliphatic heterocycles. The normalized spacial score (nSPS) is 22.8. The first-order chi connectivity index (χ1) is 12.6. The van der Waals surface area contributed by atoms with Crippen molar-refractivity contribution >= 4 is 11.9 Å². The summed E-state index contributed by atoms with van der Waals surface area (Å²) in [5.41, 5.74) is 0.996. The second kappa shape index (κ2) is 7.02. The number of hydrogen-bond acceptors (Lipinski definition) is 4. The zero-order chi connectivity index (χ0) is 18.0. The summed E-state index contributed by atoms with van der Waals surface area (Å²) in [6.45, 7) is 3.45. The van der Waals surface area contributed by atoms with E-state index in [1.54, 1.807) is 24.5 Å². The molecule has 0 bridgehead atoms. The first-order valence-corrected chi connectivity index (χ1v) is 9.18. The van der Waals surface area contributed by atoms with Gasteiger partial charge in [-0.15, -0.1) is 0 Å². The Kier molecular flexibility index (Phi) is 4.57. The third-order valence-corrected chi connectivity index (χ3v) is 5.56. The Morgan fingerprint density at radius 2 is 1.85 bits per heavy atom. The van der Waals surface area contributed by atoms with E-state index in [-0.39, 0.29) is 17.1 Å². The van der Waals surface area contributed by atoms with E-state index in [0.717, 1.165) is 57.0 Å². The minimum absolute atomic E-state index is 0.126. The molecule has 26 heavy (non-hydrogen) atoms. The van der Waals surface area contributed by atoms with E-state index in [0.29, 0.717) is 6.42 Å². The molecular weight excluding hydrogens is 331 g/mol. The zero-order valence-corrected chi connectivity index (χ0v) is 14.8. The maximum atomic E-state index is 13.0. The van der Waals surface area contributed by atoms with E-state index >= 15 is 0 Å². The summed E-state index contributed by atoms with van der Waals surface area (Å²) in [5, 5.41) is 0. The van der Waals surface area contributed by atoms with Crippen molar-refractivity contribution in [3.63, 3.8) is 0 Å². The molecule has 2 saturated heterocycles. The van der Waals surface area contributed by atoms with Crippen molar-refractivity contribution in [2.75, 3.05) is 31.1 Å². The van der Waals surface area contributed by atoms with Crippen LogP contribution in [0.25, 0.3) is 0 Å². The van der Waals surface area contributed by atoms with Crippen LogP contribution in [0.2, 0.25) is 0 Å². The van der Waals surface area contributed by atoms with Gasteiger partial charge in [-0.1, -0.05) is 12.1 Å². The van der Waals surface area contributed by atoms with Gasteiger partial charge in [-0.3, -0.25) is 4.79 Å². The number of nitrogens with zero attached hydrogens (tertiary/aromatic N) is 4. The molecule has 2 fully saturated rings. The number of anilines is 1. The van der Waals surface area contributed by atoms with Gasteiger partial charge in [0, 0.05) is 44.0 Å².